The second kappa shape index (κ2) is 9.31. The van der Waals surface area contributed by atoms with Crippen molar-refractivity contribution >= 4 is 34.4 Å². The molecule has 5 heteroatoms. The van der Waals surface area contributed by atoms with Crippen molar-refractivity contribution in [1.82, 2.24) is 4.90 Å². The van der Waals surface area contributed by atoms with Gasteiger partial charge in [-0.15, -0.1) is 0 Å². The molecular formula is C27H33N4O+. The molecule has 0 saturated carbocycles. The Morgan fingerprint density at radius 1 is 0.812 bits per heavy atom. The lowest BCUT2D eigenvalue weighted by atomic mass is 10.1. The van der Waals surface area contributed by atoms with E-state index in [1.165, 1.54) is 33.5 Å². The molecule has 32 heavy (non-hydrogen) atoms. The molecule has 5 rings (SSSR count). The lowest BCUT2D eigenvalue weighted by Crippen LogP contribution is -2.45. The average molecular weight is 430 g/mol. The van der Waals surface area contributed by atoms with Gasteiger partial charge in [0.2, 0.25) is 11.2 Å². The van der Waals surface area contributed by atoms with Gasteiger partial charge in [-0.1, -0.05) is 24.3 Å². The number of pyridine rings is 1. The van der Waals surface area contributed by atoms with Crippen LogP contribution >= 0.6 is 0 Å². The highest BCUT2D eigenvalue weighted by molar-refractivity contribution is 5.91. The predicted molar refractivity (Wildman–Crippen MR) is 133 cm³/mol. The minimum absolute atomic E-state index is 0.815. The van der Waals surface area contributed by atoms with Crippen LogP contribution in [0.1, 0.15) is 11.3 Å². The van der Waals surface area contributed by atoms with Gasteiger partial charge in [-0.3, -0.25) is 0 Å². The maximum Gasteiger partial charge on any atom is 0.214 e. The number of hydrogen-bond acceptors (Lipinski definition) is 4. The third-order valence-corrected chi connectivity index (χ3v) is 6.77. The predicted octanol–water partition coefficient (Wildman–Crippen LogP) is 3.42. The van der Waals surface area contributed by atoms with Crippen molar-refractivity contribution in [2.75, 3.05) is 69.3 Å². The molecule has 0 N–H and O–H groups in total. The minimum Gasteiger partial charge on any atom is -0.378 e. The summed E-state index contributed by atoms with van der Waals surface area (Å²) in [7, 11) is 4.37. The summed E-state index contributed by atoms with van der Waals surface area (Å²) < 4.78 is 7.77. The highest BCUT2D eigenvalue weighted by Crippen LogP contribution is 2.27. The van der Waals surface area contributed by atoms with E-state index in [0.29, 0.717) is 0 Å². The van der Waals surface area contributed by atoms with E-state index in [0.717, 1.165) is 52.5 Å². The molecular weight excluding hydrogens is 396 g/mol. The van der Waals surface area contributed by atoms with Gasteiger partial charge in [-0.05, 0) is 36.9 Å². The lowest BCUT2D eigenvalue weighted by molar-refractivity contribution is -0.646. The number of benzene rings is 2. The number of hydrogen-bond donors (Lipinski definition) is 0. The monoisotopic (exact) mass is 429 g/mol. The van der Waals surface area contributed by atoms with Crippen LogP contribution in [0.5, 0.6) is 0 Å². The molecule has 2 aliphatic heterocycles. The number of nitrogens with zero attached hydrogens (tertiary/aromatic N) is 4. The first-order valence-electron chi connectivity index (χ1n) is 11.7. The van der Waals surface area contributed by atoms with Crippen molar-refractivity contribution in [3.63, 3.8) is 0 Å². The van der Waals surface area contributed by atoms with Crippen LogP contribution in [-0.4, -0.2) is 64.4 Å². The topological polar surface area (TPSA) is 22.8 Å². The Kier molecular flexibility index (Phi) is 6.10. The van der Waals surface area contributed by atoms with Crippen molar-refractivity contribution in [1.29, 1.82) is 0 Å². The molecule has 2 aliphatic rings. The number of anilines is 2. The number of morpholine rings is 1. The summed E-state index contributed by atoms with van der Waals surface area (Å²) in [5.74, 6) is 0. The van der Waals surface area contributed by atoms with Gasteiger partial charge in [-0.25, -0.2) is 0 Å². The first kappa shape index (κ1) is 21.0. The van der Waals surface area contributed by atoms with Gasteiger partial charge in [0.05, 0.1) is 24.3 Å². The van der Waals surface area contributed by atoms with Gasteiger partial charge in [0, 0.05) is 63.2 Å². The largest absolute Gasteiger partial charge is 0.378 e. The zero-order chi connectivity index (χ0) is 21.9. The zero-order valence-corrected chi connectivity index (χ0v) is 19.2. The maximum absolute atomic E-state index is 5.47. The fraction of sp³-hybridized carbons (Fsp3) is 0.370. The number of aromatic nitrogens is 1. The van der Waals surface area contributed by atoms with Gasteiger partial charge < -0.3 is 19.4 Å². The SMILES string of the molecule is CN1CCN(c2cc(/C=C/c3ccc(N4CCOCC4)cc3)[n+](C)c3ccccc23)CC1. The van der Waals surface area contributed by atoms with Crippen LogP contribution in [0, 0.1) is 0 Å². The smallest absolute Gasteiger partial charge is 0.214 e. The van der Waals surface area contributed by atoms with Crippen LogP contribution < -0.4 is 14.4 Å². The molecule has 0 atom stereocenters. The number of fused-ring (bicyclic) bond motifs is 1. The second-order valence-electron chi connectivity index (χ2n) is 8.85. The van der Waals surface area contributed by atoms with Crippen LogP contribution in [0.2, 0.25) is 0 Å². The quantitative estimate of drug-likeness (QED) is 0.593. The first-order valence-corrected chi connectivity index (χ1v) is 11.7. The van der Waals surface area contributed by atoms with Crippen molar-refractivity contribution in [2.24, 2.45) is 7.05 Å². The summed E-state index contributed by atoms with van der Waals surface area (Å²) in [5, 5.41) is 1.33. The molecule has 0 aliphatic carbocycles. The van der Waals surface area contributed by atoms with E-state index in [4.69, 9.17) is 4.74 Å². The molecule has 2 saturated heterocycles. The van der Waals surface area contributed by atoms with Gasteiger partial charge in [-0.2, -0.15) is 4.57 Å². The Bertz CT molecular complexity index is 1090. The molecule has 0 bridgehead atoms. The van der Waals surface area contributed by atoms with Crippen molar-refractivity contribution < 1.29 is 9.30 Å². The van der Waals surface area contributed by atoms with Gasteiger partial charge >= 0.3 is 0 Å². The molecule has 3 heterocycles. The number of para-hydroxylation sites is 1. The van der Waals surface area contributed by atoms with Crippen molar-refractivity contribution in [2.45, 2.75) is 0 Å². The molecule has 0 unspecified atom stereocenters. The summed E-state index contributed by atoms with van der Waals surface area (Å²) >= 11 is 0. The molecule has 2 aromatic carbocycles. The molecule has 0 spiro atoms. The number of ether oxygens (including phenoxy) is 1. The average Bonchev–Trinajstić information content (AvgIpc) is 2.85. The number of aryl methyl sites for hydroxylation is 1. The van der Waals surface area contributed by atoms with E-state index < -0.39 is 0 Å². The molecule has 1 aromatic heterocycles. The fourth-order valence-corrected chi connectivity index (χ4v) is 4.70. The Morgan fingerprint density at radius 2 is 1.53 bits per heavy atom. The standard InChI is InChI=1S/C27H33N4O/c1-28-13-15-31(16-14-28)27-21-24(29(2)26-6-4-3-5-25(26)27)12-9-22-7-10-23(11-8-22)30-17-19-32-20-18-30/h3-12,21H,13-20H2,1-2H3/q+1. The molecule has 5 nitrogen and oxygen atoms in total. The van der Waals surface area contributed by atoms with Crippen LogP contribution in [0.15, 0.2) is 54.6 Å². The van der Waals surface area contributed by atoms with E-state index in [2.05, 4.69) is 100 Å². The van der Waals surface area contributed by atoms with Gasteiger partial charge in [0.25, 0.3) is 0 Å². The first-order chi connectivity index (χ1) is 15.7. The Labute approximate surface area is 191 Å². The zero-order valence-electron chi connectivity index (χ0n) is 19.2. The summed E-state index contributed by atoms with van der Waals surface area (Å²) in [4.78, 5) is 7.34. The summed E-state index contributed by atoms with van der Waals surface area (Å²) in [5.41, 5.74) is 6.32. The molecule has 2 fully saturated rings. The molecule has 0 radical (unpaired) electrons. The minimum atomic E-state index is 0.815. The fourth-order valence-electron chi connectivity index (χ4n) is 4.70. The Balaban J connectivity index is 1.43. The summed E-state index contributed by atoms with van der Waals surface area (Å²) in [6.07, 6.45) is 4.47. The highest BCUT2D eigenvalue weighted by atomic mass is 16.5. The van der Waals surface area contributed by atoms with E-state index >= 15 is 0 Å². The molecule has 0 amide bonds. The van der Waals surface area contributed by atoms with Crippen molar-refractivity contribution in [3.8, 4) is 0 Å². The lowest BCUT2D eigenvalue weighted by Gasteiger charge is -2.34. The van der Waals surface area contributed by atoms with Crippen LogP contribution in [0.4, 0.5) is 11.4 Å². The van der Waals surface area contributed by atoms with E-state index in [9.17, 15) is 0 Å². The number of rotatable bonds is 4. The molecule has 166 valence electrons. The highest BCUT2D eigenvalue weighted by Gasteiger charge is 2.21. The second-order valence-corrected chi connectivity index (χ2v) is 8.85. The van der Waals surface area contributed by atoms with E-state index in [1.54, 1.807) is 0 Å². The number of likely N-dealkylation sites (N-methyl/N-ethyl adjacent to an activating group) is 1. The van der Waals surface area contributed by atoms with Crippen molar-refractivity contribution in [3.05, 3.63) is 65.9 Å². The van der Waals surface area contributed by atoms with Crippen LogP contribution in [-0.2, 0) is 11.8 Å². The van der Waals surface area contributed by atoms with Gasteiger partial charge in [0.15, 0.2) is 0 Å². The molecule has 3 aromatic rings. The Morgan fingerprint density at radius 3 is 2.28 bits per heavy atom. The summed E-state index contributed by atoms with van der Waals surface area (Å²) in [6.45, 7) is 7.92. The van der Waals surface area contributed by atoms with Gasteiger partial charge in [0.1, 0.15) is 7.05 Å². The van der Waals surface area contributed by atoms with E-state index in [-0.39, 0.29) is 0 Å². The normalized spacial score (nSPS) is 18.1. The number of piperazine rings is 1. The van der Waals surface area contributed by atoms with Crippen LogP contribution in [0.25, 0.3) is 23.1 Å². The maximum atomic E-state index is 5.47. The third kappa shape index (κ3) is 4.36. The Hall–Kier alpha value is -2.89. The van der Waals surface area contributed by atoms with E-state index in [1.807, 2.05) is 0 Å². The summed E-state index contributed by atoms with van der Waals surface area (Å²) in [6, 6.07) is 20.0. The van der Waals surface area contributed by atoms with Crippen LogP contribution in [0.3, 0.4) is 0 Å². The third-order valence-electron chi connectivity index (χ3n) is 6.77.